The van der Waals surface area contributed by atoms with E-state index in [1.54, 1.807) is 42.1 Å². The maximum atomic E-state index is 13.3. The minimum absolute atomic E-state index is 0.142. The van der Waals surface area contributed by atoms with Crippen LogP contribution in [0.1, 0.15) is 33.0 Å². The largest absolute Gasteiger partial charge is 0.471 e. The van der Waals surface area contributed by atoms with Gasteiger partial charge in [0, 0.05) is 16.2 Å². The molecule has 0 fully saturated rings. The molecule has 2 aromatic heterocycles. The first-order chi connectivity index (χ1) is 16.2. The van der Waals surface area contributed by atoms with Crippen molar-refractivity contribution in [2.75, 3.05) is 5.32 Å². The van der Waals surface area contributed by atoms with Gasteiger partial charge in [0.25, 0.3) is 5.91 Å². The van der Waals surface area contributed by atoms with Crippen molar-refractivity contribution >= 4 is 34.8 Å². The van der Waals surface area contributed by atoms with Crippen LogP contribution in [-0.2, 0) is 13.3 Å². The minimum atomic E-state index is -0.400. The number of carbonyl (C=O) groups excluding carboxylic acids is 1. The fraction of sp³-hybridized carbons (Fsp3) is 0.208. The Kier molecular flexibility index (Phi) is 6.90. The maximum Gasteiger partial charge on any atom is 0.276 e. The Morgan fingerprint density at radius 1 is 1.06 bits per heavy atom. The van der Waals surface area contributed by atoms with Gasteiger partial charge in [-0.3, -0.25) is 9.48 Å². The van der Waals surface area contributed by atoms with Crippen molar-refractivity contribution in [2.45, 2.75) is 34.0 Å². The summed E-state index contributed by atoms with van der Waals surface area (Å²) in [5.41, 5.74) is 3.85. The van der Waals surface area contributed by atoms with E-state index in [4.69, 9.17) is 27.9 Å². The molecule has 0 radical (unpaired) electrons. The molecule has 0 aliphatic heterocycles. The van der Waals surface area contributed by atoms with Gasteiger partial charge in [0.1, 0.15) is 11.6 Å². The van der Waals surface area contributed by atoms with Gasteiger partial charge in [-0.15, -0.1) is 0 Å². The Bertz CT molecular complexity index is 1370. The van der Waals surface area contributed by atoms with Gasteiger partial charge < -0.3 is 10.1 Å². The second kappa shape index (κ2) is 9.87. The Morgan fingerprint density at radius 2 is 1.85 bits per heavy atom. The van der Waals surface area contributed by atoms with E-state index < -0.39 is 5.82 Å². The van der Waals surface area contributed by atoms with Crippen LogP contribution in [0.15, 0.2) is 48.7 Å². The van der Waals surface area contributed by atoms with E-state index in [1.165, 1.54) is 16.8 Å². The molecule has 2 heterocycles. The predicted octanol–water partition coefficient (Wildman–Crippen LogP) is 5.79. The summed E-state index contributed by atoms with van der Waals surface area (Å²) in [6.45, 7) is 6.02. The summed E-state index contributed by atoms with van der Waals surface area (Å²) >= 11 is 12.2. The van der Waals surface area contributed by atoms with Gasteiger partial charge in [-0.2, -0.15) is 10.2 Å². The quantitative estimate of drug-likeness (QED) is 0.347. The van der Waals surface area contributed by atoms with Gasteiger partial charge >= 0.3 is 0 Å². The Morgan fingerprint density at radius 3 is 2.59 bits per heavy atom. The fourth-order valence-electron chi connectivity index (χ4n) is 3.42. The average molecular weight is 502 g/mol. The third-order valence-electron chi connectivity index (χ3n) is 5.32. The molecule has 2 aromatic carbocycles. The molecule has 7 nitrogen and oxygen atoms in total. The summed E-state index contributed by atoms with van der Waals surface area (Å²) in [5.74, 6) is -0.113. The molecule has 1 N–H and O–H groups in total. The Labute approximate surface area is 206 Å². The zero-order valence-corrected chi connectivity index (χ0v) is 20.3. The number of carbonyl (C=O) groups is 1. The number of hydrogen-bond donors (Lipinski definition) is 1. The van der Waals surface area contributed by atoms with Gasteiger partial charge in [-0.1, -0.05) is 29.3 Å². The van der Waals surface area contributed by atoms with Crippen LogP contribution in [0.25, 0.3) is 0 Å². The SMILES string of the molecule is Cc1cc(OCn2ccc(C(=O)Nc3c(C)nn(Cc4ccc(F)cc4Cl)c3C)n2)ccc1Cl. The van der Waals surface area contributed by atoms with Crippen LogP contribution in [0.2, 0.25) is 10.0 Å². The second-order valence-electron chi connectivity index (χ2n) is 7.82. The number of nitrogens with one attached hydrogen (secondary N) is 1. The Balaban J connectivity index is 1.42. The van der Waals surface area contributed by atoms with Crippen LogP contribution < -0.4 is 10.1 Å². The summed E-state index contributed by atoms with van der Waals surface area (Å²) in [4.78, 5) is 12.8. The van der Waals surface area contributed by atoms with Crippen molar-refractivity contribution in [1.29, 1.82) is 0 Å². The van der Waals surface area contributed by atoms with E-state index in [9.17, 15) is 9.18 Å². The molecule has 10 heteroatoms. The highest BCUT2D eigenvalue weighted by Crippen LogP contribution is 2.24. The standard InChI is InChI=1S/C24H22Cl2FN5O2/c1-14-10-19(6-7-20(14)25)34-13-31-9-8-22(30-31)24(33)28-23-15(2)29-32(16(23)3)12-17-4-5-18(27)11-21(17)26/h4-11H,12-13H2,1-3H3,(H,28,33). The zero-order valence-electron chi connectivity index (χ0n) is 18.8. The van der Waals surface area contributed by atoms with Gasteiger partial charge in [0.2, 0.25) is 0 Å². The number of nitrogens with zero attached hydrogens (tertiary/aromatic N) is 4. The summed E-state index contributed by atoms with van der Waals surface area (Å²) in [6, 6.07) is 11.2. The summed E-state index contributed by atoms with van der Waals surface area (Å²) in [5, 5.41) is 12.6. The first-order valence-electron chi connectivity index (χ1n) is 10.4. The number of ether oxygens (including phenoxy) is 1. The van der Waals surface area contributed by atoms with Crippen molar-refractivity contribution < 1.29 is 13.9 Å². The molecule has 0 unspecified atom stereocenters. The molecule has 0 aliphatic carbocycles. The maximum absolute atomic E-state index is 13.3. The van der Waals surface area contributed by atoms with Crippen molar-refractivity contribution in [3.63, 3.8) is 0 Å². The molecule has 4 aromatic rings. The van der Waals surface area contributed by atoms with Gasteiger partial charge in [0.15, 0.2) is 12.4 Å². The van der Waals surface area contributed by atoms with Gasteiger partial charge in [-0.25, -0.2) is 9.07 Å². The first kappa shape index (κ1) is 23.8. The van der Waals surface area contributed by atoms with E-state index in [2.05, 4.69) is 15.5 Å². The second-order valence-corrected chi connectivity index (χ2v) is 8.63. The summed E-state index contributed by atoms with van der Waals surface area (Å²) in [7, 11) is 0. The van der Waals surface area contributed by atoms with E-state index in [0.29, 0.717) is 33.7 Å². The first-order valence-corrected chi connectivity index (χ1v) is 11.2. The molecule has 1 amide bonds. The van der Waals surface area contributed by atoms with E-state index >= 15 is 0 Å². The number of anilines is 1. The number of aromatic nitrogens is 4. The van der Waals surface area contributed by atoms with Gasteiger partial charge in [0.05, 0.1) is 23.6 Å². The van der Waals surface area contributed by atoms with Crippen LogP contribution >= 0.6 is 23.2 Å². The van der Waals surface area contributed by atoms with Crippen LogP contribution in [0.4, 0.5) is 10.1 Å². The van der Waals surface area contributed by atoms with Crippen LogP contribution in [0.5, 0.6) is 5.75 Å². The third kappa shape index (κ3) is 5.24. The lowest BCUT2D eigenvalue weighted by Gasteiger charge is -2.08. The number of aryl methyl sites for hydroxylation is 2. The highest BCUT2D eigenvalue weighted by molar-refractivity contribution is 6.31. The number of amides is 1. The third-order valence-corrected chi connectivity index (χ3v) is 6.10. The normalized spacial score (nSPS) is 11.0. The molecular weight excluding hydrogens is 480 g/mol. The van der Waals surface area contributed by atoms with Crippen molar-refractivity contribution in [3.8, 4) is 5.75 Å². The molecule has 0 saturated heterocycles. The monoisotopic (exact) mass is 501 g/mol. The van der Waals surface area contributed by atoms with Crippen molar-refractivity contribution in [1.82, 2.24) is 19.6 Å². The number of benzene rings is 2. The number of rotatable bonds is 7. The molecule has 176 valence electrons. The fourth-order valence-corrected chi connectivity index (χ4v) is 3.77. The lowest BCUT2D eigenvalue weighted by atomic mass is 10.2. The minimum Gasteiger partial charge on any atom is -0.471 e. The molecule has 4 rings (SSSR count). The molecule has 0 spiro atoms. The predicted molar refractivity (Wildman–Crippen MR) is 129 cm³/mol. The molecule has 0 bridgehead atoms. The smallest absolute Gasteiger partial charge is 0.276 e. The zero-order chi connectivity index (χ0) is 24.4. The molecular formula is C24H22Cl2FN5O2. The van der Waals surface area contributed by atoms with Crippen LogP contribution in [0, 0.1) is 26.6 Å². The lowest BCUT2D eigenvalue weighted by Crippen LogP contribution is -2.15. The lowest BCUT2D eigenvalue weighted by molar-refractivity contribution is 0.102. The topological polar surface area (TPSA) is 74.0 Å². The van der Waals surface area contributed by atoms with Crippen LogP contribution in [0.3, 0.4) is 0 Å². The average Bonchev–Trinajstić information content (AvgIpc) is 3.37. The highest BCUT2D eigenvalue weighted by atomic mass is 35.5. The number of halogens is 3. The van der Waals surface area contributed by atoms with E-state index in [1.807, 2.05) is 19.9 Å². The van der Waals surface area contributed by atoms with Crippen molar-refractivity contribution in [3.05, 3.63) is 92.7 Å². The van der Waals surface area contributed by atoms with Crippen molar-refractivity contribution in [2.24, 2.45) is 0 Å². The highest BCUT2D eigenvalue weighted by Gasteiger charge is 2.18. The summed E-state index contributed by atoms with van der Waals surface area (Å²) < 4.78 is 22.3. The van der Waals surface area contributed by atoms with E-state index in [-0.39, 0.29) is 18.3 Å². The van der Waals surface area contributed by atoms with Gasteiger partial charge in [-0.05, 0) is 68.3 Å². The Hall–Kier alpha value is -3.36. The molecule has 0 atom stereocenters. The van der Waals surface area contributed by atoms with E-state index in [0.717, 1.165) is 16.8 Å². The summed E-state index contributed by atoms with van der Waals surface area (Å²) in [6.07, 6.45) is 1.66. The number of hydrogen-bond acceptors (Lipinski definition) is 4. The molecule has 0 aliphatic rings. The molecule has 0 saturated carbocycles. The molecule has 34 heavy (non-hydrogen) atoms. The van der Waals surface area contributed by atoms with Crippen LogP contribution in [-0.4, -0.2) is 25.5 Å².